The number of anilines is 1. The molecule has 1 aliphatic heterocycles. The minimum absolute atomic E-state index is 0.0909. The van der Waals surface area contributed by atoms with E-state index < -0.39 is 0 Å². The summed E-state index contributed by atoms with van der Waals surface area (Å²) < 4.78 is 1.72. The Morgan fingerprint density at radius 1 is 1.36 bits per heavy atom. The van der Waals surface area contributed by atoms with Crippen LogP contribution in [0, 0.1) is 5.92 Å². The Kier molecular flexibility index (Phi) is 5.94. The highest BCUT2D eigenvalue weighted by Gasteiger charge is 2.27. The predicted molar refractivity (Wildman–Crippen MR) is 99.7 cm³/mol. The Bertz CT molecular complexity index is 604. The predicted octanol–water partition coefficient (Wildman–Crippen LogP) is 1.61. The van der Waals surface area contributed by atoms with Crippen molar-refractivity contribution in [3.63, 3.8) is 0 Å². The van der Waals surface area contributed by atoms with Gasteiger partial charge in [0, 0.05) is 39.9 Å². The standard InChI is InChI=1S/C18H30N6O/c1-19-18(20-9-5-8-15-6-3-4-7-15)23-10-11-24(17(25)14-23)16-12-21-22(2)13-16/h12-13,15H,3-11,14H2,1-2H3,(H,19,20). The summed E-state index contributed by atoms with van der Waals surface area (Å²) in [5, 5.41) is 7.58. The summed E-state index contributed by atoms with van der Waals surface area (Å²) in [6, 6.07) is 0. The number of aryl methyl sites for hydroxylation is 1. The average molecular weight is 346 g/mol. The Hall–Kier alpha value is -2.05. The first-order valence-corrected chi connectivity index (χ1v) is 9.42. The SMILES string of the molecule is CN=C(NCCCC1CCCC1)N1CCN(c2cnn(C)c2)C(=O)C1. The Balaban J connectivity index is 1.45. The summed E-state index contributed by atoms with van der Waals surface area (Å²) in [7, 11) is 3.65. The third-order valence-electron chi connectivity index (χ3n) is 5.28. The molecular weight excluding hydrogens is 316 g/mol. The van der Waals surface area contributed by atoms with Crippen LogP contribution in [0.5, 0.6) is 0 Å². The molecule has 3 rings (SSSR count). The molecule has 1 saturated carbocycles. The number of piperazine rings is 1. The molecule has 2 heterocycles. The normalized spacial score (nSPS) is 19.8. The van der Waals surface area contributed by atoms with E-state index in [-0.39, 0.29) is 5.91 Å². The third kappa shape index (κ3) is 4.52. The number of guanidine groups is 1. The number of aromatic nitrogens is 2. The summed E-state index contributed by atoms with van der Waals surface area (Å²) in [6.45, 7) is 2.73. The molecule has 0 bridgehead atoms. The molecule has 0 unspecified atom stereocenters. The topological polar surface area (TPSA) is 65.8 Å². The van der Waals surface area contributed by atoms with Crippen LogP contribution in [0.25, 0.3) is 0 Å². The fraction of sp³-hybridized carbons (Fsp3) is 0.722. The fourth-order valence-electron chi connectivity index (χ4n) is 3.90. The third-order valence-corrected chi connectivity index (χ3v) is 5.28. The maximum Gasteiger partial charge on any atom is 0.246 e. The van der Waals surface area contributed by atoms with E-state index in [9.17, 15) is 4.79 Å². The van der Waals surface area contributed by atoms with E-state index in [2.05, 4.69) is 15.4 Å². The zero-order chi connectivity index (χ0) is 17.6. The largest absolute Gasteiger partial charge is 0.356 e. The van der Waals surface area contributed by atoms with Gasteiger partial charge in [-0.3, -0.25) is 14.5 Å². The molecule has 0 radical (unpaired) electrons. The lowest BCUT2D eigenvalue weighted by Crippen LogP contribution is -2.55. The van der Waals surface area contributed by atoms with Gasteiger partial charge in [-0.1, -0.05) is 25.7 Å². The Labute approximate surface area is 150 Å². The van der Waals surface area contributed by atoms with Crippen LogP contribution >= 0.6 is 0 Å². The lowest BCUT2D eigenvalue weighted by molar-refractivity contribution is -0.120. The molecule has 7 heteroatoms. The first-order chi connectivity index (χ1) is 12.2. The second kappa shape index (κ2) is 8.36. The van der Waals surface area contributed by atoms with Crippen LogP contribution in [-0.4, -0.2) is 59.8 Å². The molecule has 138 valence electrons. The average Bonchev–Trinajstić information content (AvgIpc) is 3.26. The number of hydrogen-bond acceptors (Lipinski definition) is 3. The highest BCUT2D eigenvalue weighted by Crippen LogP contribution is 2.28. The van der Waals surface area contributed by atoms with E-state index in [4.69, 9.17) is 0 Å². The van der Waals surface area contributed by atoms with Crippen LogP contribution in [-0.2, 0) is 11.8 Å². The van der Waals surface area contributed by atoms with Crippen molar-refractivity contribution in [3.05, 3.63) is 12.4 Å². The van der Waals surface area contributed by atoms with Crippen molar-refractivity contribution in [1.29, 1.82) is 0 Å². The quantitative estimate of drug-likeness (QED) is 0.500. The van der Waals surface area contributed by atoms with E-state index in [0.717, 1.165) is 30.7 Å². The molecular formula is C18H30N6O. The van der Waals surface area contributed by atoms with Gasteiger partial charge in [-0.25, -0.2) is 0 Å². The first-order valence-electron chi connectivity index (χ1n) is 9.42. The number of aliphatic imine (C=N–C) groups is 1. The van der Waals surface area contributed by atoms with Gasteiger partial charge in [0.05, 0.1) is 11.9 Å². The lowest BCUT2D eigenvalue weighted by atomic mass is 10.0. The summed E-state index contributed by atoms with van der Waals surface area (Å²) in [5.41, 5.74) is 0.867. The summed E-state index contributed by atoms with van der Waals surface area (Å²) in [6.07, 6.45) is 11.7. The van der Waals surface area contributed by atoms with Crippen molar-refractivity contribution in [2.75, 3.05) is 38.1 Å². The van der Waals surface area contributed by atoms with Crippen LogP contribution < -0.4 is 10.2 Å². The van der Waals surface area contributed by atoms with E-state index in [0.29, 0.717) is 13.1 Å². The molecule has 7 nitrogen and oxygen atoms in total. The van der Waals surface area contributed by atoms with Crippen LogP contribution in [0.2, 0.25) is 0 Å². The van der Waals surface area contributed by atoms with Gasteiger partial charge in [-0.05, 0) is 18.8 Å². The van der Waals surface area contributed by atoms with Crippen molar-refractivity contribution in [2.45, 2.75) is 38.5 Å². The number of hydrogen-bond donors (Lipinski definition) is 1. The van der Waals surface area contributed by atoms with Gasteiger partial charge >= 0.3 is 0 Å². The van der Waals surface area contributed by atoms with Gasteiger partial charge in [0.15, 0.2) is 5.96 Å². The van der Waals surface area contributed by atoms with E-state index in [1.165, 1.54) is 38.5 Å². The molecule has 1 N–H and O–H groups in total. The minimum Gasteiger partial charge on any atom is -0.356 e. The first kappa shape index (κ1) is 17.8. The molecule has 0 atom stereocenters. The van der Waals surface area contributed by atoms with Gasteiger partial charge in [0.25, 0.3) is 0 Å². The molecule has 25 heavy (non-hydrogen) atoms. The van der Waals surface area contributed by atoms with Crippen LogP contribution in [0.15, 0.2) is 17.4 Å². The molecule has 2 fully saturated rings. The number of carbonyl (C=O) groups is 1. The summed E-state index contributed by atoms with van der Waals surface area (Å²) in [5.74, 6) is 1.85. The number of nitrogens with zero attached hydrogens (tertiary/aromatic N) is 5. The fourth-order valence-corrected chi connectivity index (χ4v) is 3.90. The zero-order valence-electron chi connectivity index (χ0n) is 15.4. The number of amides is 1. The molecule has 1 aromatic heterocycles. The minimum atomic E-state index is 0.0909. The van der Waals surface area contributed by atoms with Crippen molar-refractivity contribution in [3.8, 4) is 0 Å². The molecule has 1 aromatic rings. The number of rotatable bonds is 5. The highest BCUT2D eigenvalue weighted by atomic mass is 16.2. The molecule has 2 aliphatic rings. The number of carbonyl (C=O) groups excluding carboxylic acids is 1. The van der Waals surface area contributed by atoms with E-state index in [1.54, 1.807) is 22.8 Å². The Morgan fingerprint density at radius 3 is 2.80 bits per heavy atom. The van der Waals surface area contributed by atoms with Crippen LogP contribution in [0.3, 0.4) is 0 Å². The van der Waals surface area contributed by atoms with Gasteiger partial charge in [0.2, 0.25) is 5.91 Å². The van der Waals surface area contributed by atoms with Crippen molar-refractivity contribution in [2.24, 2.45) is 18.0 Å². The zero-order valence-corrected chi connectivity index (χ0v) is 15.4. The molecule has 1 saturated heterocycles. The van der Waals surface area contributed by atoms with Gasteiger partial charge in [-0.2, -0.15) is 5.10 Å². The maximum absolute atomic E-state index is 12.5. The lowest BCUT2D eigenvalue weighted by Gasteiger charge is -2.35. The van der Waals surface area contributed by atoms with E-state index in [1.807, 2.05) is 18.1 Å². The molecule has 0 spiro atoms. The summed E-state index contributed by atoms with van der Waals surface area (Å²) in [4.78, 5) is 20.7. The maximum atomic E-state index is 12.5. The van der Waals surface area contributed by atoms with Gasteiger partial charge in [0.1, 0.15) is 6.54 Å². The van der Waals surface area contributed by atoms with Crippen molar-refractivity contribution in [1.82, 2.24) is 20.0 Å². The van der Waals surface area contributed by atoms with Crippen LogP contribution in [0.1, 0.15) is 38.5 Å². The second-order valence-electron chi connectivity index (χ2n) is 7.11. The monoisotopic (exact) mass is 346 g/mol. The van der Waals surface area contributed by atoms with Crippen molar-refractivity contribution < 1.29 is 4.79 Å². The molecule has 1 amide bonds. The molecule has 1 aliphatic carbocycles. The smallest absolute Gasteiger partial charge is 0.246 e. The van der Waals surface area contributed by atoms with E-state index >= 15 is 0 Å². The number of nitrogens with one attached hydrogen (secondary N) is 1. The molecule has 0 aromatic carbocycles. The van der Waals surface area contributed by atoms with Gasteiger partial charge < -0.3 is 15.1 Å². The van der Waals surface area contributed by atoms with Crippen LogP contribution in [0.4, 0.5) is 5.69 Å². The Morgan fingerprint density at radius 2 is 2.16 bits per heavy atom. The second-order valence-corrected chi connectivity index (χ2v) is 7.11. The summed E-state index contributed by atoms with van der Waals surface area (Å²) >= 11 is 0. The van der Waals surface area contributed by atoms with Crippen molar-refractivity contribution >= 4 is 17.6 Å². The highest BCUT2D eigenvalue weighted by molar-refractivity contribution is 5.98. The van der Waals surface area contributed by atoms with Gasteiger partial charge in [-0.15, -0.1) is 0 Å².